The Morgan fingerprint density at radius 1 is 0.947 bits per heavy atom. The largest absolute Gasteiger partial charge is 0.458 e. The molecule has 0 bridgehead atoms. The van der Waals surface area contributed by atoms with Crippen LogP contribution in [-0.2, 0) is 28.5 Å². The molecule has 0 aromatic carbocycles. The Morgan fingerprint density at radius 3 is 1.74 bits per heavy atom. The molecule has 0 radical (unpaired) electrons. The van der Waals surface area contributed by atoms with Crippen LogP contribution in [0.2, 0.25) is 0 Å². The van der Waals surface area contributed by atoms with Crippen molar-refractivity contribution in [1.82, 2.24) is 0 Å². The number of carbonyl (C=O) groups is 2. The third kappa shape index (κ3) is 4.04. The van der Waals surface area contributed by atoms with Gasteiger partial charge in [-0.1, -0.05) is 0 Å². The highest BCUT2D eigenvalue weighted by atomic mass is 16.7. The lowest BCUT2D eigenvalue weighted by Crippen LogP contribution is -2.34. The number of esters is 2. The van der Waals surface area contributed by atoms with Gasteiger partial charge in [-0.05, 0) is 12.2 Å². The summed E-state index contributed by atoms with van der Waals surface area (Å²) in [6.07, 6.45) is 3.52. The monoisotopic (exact) mass is 270 g/mol. The summed E-state index contributed by atoms with van der Waals surface area (Å²) in [6, 6.07) is 0. The molecule has 1 heterocycles. The quantitative estimate of drug-likeness (QED) is 0.549. The van der Waals surface area contributed by atoms with E-state index in [2.05, 4.69) is 0 Å². The van der Waals surface area contributed by atoms with Crippen molar-refractivity contribution in [3.63, 3.8) is 0 Å². The molecule has 6 nitrogen and oxygen atoms in total. The first kappa shape index (κ1) is 14.0. The van der Waals surface area contributed by atoms with Crippen molar-refractivity contribution >= 4 is 11.9 Å². The van der Waals surface area contributed by atoms with Gasteiger partial charge in [-0.15, -0.1) is 0 Å². The molecule has 0 aromatic heterocycles. The molecule has 106 valence electrons. The normalized spacial score (nSPS) is 35.7. The number of hydrogen-bond acceptors (Lipinski definition) is 6. The van der Waals surface area contributed by atoms with Crippen LogP contribution in [0.25, 0.3) is 0 Å². The van der Waals surface area contributed by atoms with Crippen LogP contribution in [0.4, 0.5) is 0 Å². The highest BCUT2D eigenvalue weighted by Crippen LogP contribution is 2.26. The number of rotatable bonds is 2. The van der Waals surface area contributed by atoms with Crippen molar-refractivity contribution < 1.29 is 28.5 Å². The van der Waals surface area contributed by atoms with E-state index in [9.17, 15) is 9.59 Å². The second kappa shape index (κ2) is 6.16. The second-order valence-electron chi connectivity index (χ2n) is 4.68. The average molecular weight is 270 g/mol. The van der Waals surface area contributed by atoms with Crippen molar-refractivity contribution in [2.45, 2.75) is 51.1 Å². The highest BCUT2D eigenvalue weighted by Gasteiger charge is 2.35. The zero-order valence-electron chi connectivity index (χ0n) is 11.0. The molecule has 4 atom stereocenters. The van der Waals surface area contributed by atoms with Crippen molar-refractivity contribution in [2.24, 2.45) is 0 Å². The summed E-state index contributed by atoms with van der Waals surface area (Å²) < 4.78 is 21.3. The lowest BCUT2D eigenvalue weighted by Gasteiger charge is -2.26. The van der Waals surface area contributed by atoms with E-state index < -0.39 is 0 Å². The molecule has 1 aliphatic carbocycles. The van der Waals surface area contributed by atoms with Crippen LogP contribution >= 0.6 is 0 Å². The van der Waals surface area contributed by atoms with Gasteiger partial charge in [0.15, 0.2) is 0 Å². The van der Waals surface area contributed by atoms with Crippen LogP contribution in [0.5, 0.6) is 0 Å². The topological polar surface area (TPSA) is 71.1 Å². The molecular formula is C13H18O6. The lowest BCUT2D eigenvalue weighted by atomic mass is 9.97. The molecule has 2 rings (SSSR count). The SMILES string of the molecule is CC(=O)OC1/C=C/C(OC(C)=O)CC2OCOC2C1. The minimum absolute atomic E-state index is 0.146. The Hall–Kier alpha value is -1.40. The van der Waals surface area contributed by atoms with E-state index in [4.69, 9.17) is 18.9 Å². The molecule has 19 heavy (non-hydrogen) atoms. The molecule has 6 heteroatoms. The smallest absolute Gasteiger partial charge is 0.303 e. The lowest BCUT2D eigenvalue weighted by molar-refractivity contribution is -0.148. The van der Waals surface area contributed by atoms with Gasteiger partial charge in [-0.3, -0.25) is 9.59 Å². The molecule has 2 aliphatic rings. The summed E-state index contributed by atoms with van der Waals surface area (Å²) in [6.45, 7) is 2.94. The van der Waals surface area contributed by atoms with Crippen molar-refractivity contribution in [2.75, 3.05) is 6.79 Å². The fourth-order valence-corrected chi connectivity index (χ4v) is 2.33. The third-order valence-electron chi connectivity index (χ3n) is 3.08. The van der Waals surface area contributed by atoms with E-state index in [-0.39, 0.29) is 43.1 Å². The molecule has 0 N–H and O–H groups in total. The van der Waals surface area contributed by atoms with Gasteiger partial charge < -0.3 is 18.9 Å². The summed E-state index contributed by atoms with van der Waals surface area (Å²) in [7, 11) is 0. The van der Waals surface area contributed by atoms with Gasteiger partial charge in [-0.25, -0.2) is 0 Å². The molecular weight excluding hydrogens is 252 g/mol. The zero-order chi connectivity index (χ0) is 13.8. The van der Waals surface area contributed by atoms with E-state index in [0.29, 0.717) is 12.8 Å². The van der Waals surface area contributed by atoms with Crippen LogP contribution in [0.3, 0.4) is 0 Å². The number of hydrogen-bond donors (Lipinski definition) is 0. The van der Waals surface area contributed by atoms with Gasteiger partial charge >= 0.3 is 11.9 Å². The van der Waals surface area contributed by atoms with Crippen molar-refractivity contribution in [3.05, 3.63) is 12.2 Å². The first-order valence-electron chi connectivity index (χ1n) is 6.30. The van der Waals surface area contributed by atoms with E-state index in [1.807, 2.05) is 0 Å². The molecule has 0 amide bonds. The summed E-state index contributed by atoms with van der Waals surface area (Å²) in [5, 5.41) is 0. The summed E-state index contributed by atoms with van der Waals surface area (Å²) in [5.74, 6) is -0.704. The van der Waals surface area contributed by atoms with Gasteiger partial charge in [0.2, 0.25) is 0 Å². The van der Waals surface area contributed by atoms with Gasteiger partial charge in [0.1, 0.15) is 19.0 Å². The van der Waals surface area contributed by atoms with Crippen LogP contribution in [-0.4, -0.2) is 43.1 Å². The first-order valence-corrected chi connectivity index (χ1v) is 6.30. The van der Waals surface area contributed by atoms with Crippen LogP contribution in [0, 0.1) is 0 Å². The summed E-state index contributed by atoms with van der Waals surface area (Å²) >= 11 is 0. The highest BCUT2D eigenvalue weighted by molar-refractivity contribution is 5.66. The Balaban J connectivity index is 2.09. The third-order valence-corrected chi connectivity index (χ3v) is 3.08. The first-order chi connectivity index (χ1) is 9.04. The fourth-order valence-electron chi connectivity index (χ4n) is 2.33. The molecule has 1 saturated heterocycles. The van der Waals surface area contributed by atoms with Gasteiger partial charge in [0.25, 0.3) is 0 Å². The minimum atomic E-state index is -0.384. The standard InChI is InChI=1S/C13H18O6/c1-8(14)18-10-3-4-11(19-9(2)15)6-13-12(5-10)16-7-17-13/h3-4,10-13H,5-7H2,1-2H3/b4-3+. The fraction of sp³-hybridized carbons (Fsp3) is 0.692. The van der Waals surface area contributed by atoms with E-state index in [0.717, 1.165) is 0 Å². The molecule has 0 spiro atoms. The summed E-state index contributed by atoms with van der Waals surface area (Å²) in [4.78, 5) is 22.1. The molecule has 0 aromatic rings. The Morgan fingerprint density at radius 2 is 1.37 bits per heavy atom. The number of ether oxygens (including phenoxy) is 4. The maximum absolute atomic E-state index is 11.0. The maximum Gasteiger partial charge on any atom is 0.303 e. The van der Waals surface area contributed by atoms with Crippen molar-refractivity contribution in [3.8, 4) is 0 Å². The molecule has 1 fully saturated rings. The minimum Gasteiger partial charge on any atom is -0.458 e. The Bertz CT molecular complexity index is 343. The predicted molar refractivity (Wildman–Crippen MR) is 64.1 cm³/mol. The van der Waals surface area contributed by atoms with Gasteiger partial charge in [0.05, 0.1) is 12.2 Å². The van der Waals surface area contributed by atoms with Crippen molar-refractivity contribution in [1.29, 1.82) is 0 Å². The van der Waals surface area contributed by atoms with Crippen LogP contribution < -0.4 is 0 Å². The Kier molecular flexibility index (Phi) is 4.55. The van der Waals surface area contributed by atoms with E-state index >= 15 is 0 Å². The number of fused-ring (bicyclic) bond motifs is 1. The molecule has 0 saturated carbocycles. The molecule has 1 aliphatic heterocycles. The average Bonchev–Trinajstić information content (AvgIpc) is 2.68. The van der Waals surface area contributed by atoms with E-state index in [1.54, 1.807) is 12.2 Å². The Labute approximate surface area is 111 Å². The van der Waals surface area contributed by atoms with Gasteiger partial charge in [-0.2, -0.15) is 0 Å². The van der Waals surface area contributed by atoms with Gasteiger partial charge in [0, 0.05) is 26.7 Å². The molecule has 4 unspecified atom stereocenters. The van der Waals surface area contributed by atoms with E-state index in [1.165, 1.54) is 13.8 Å². The predicted octanol–water partition coefficient (Wildman–Crippen LogP) is 0.941. The summed E-state index contributed by atoms with van der Waals surface area (Å²) in [5.41, 5.74) is 0. The maximum atomic E-state index is 11.0. The van der Waals surface area contributed by atoms with Crippen LogP contribution in [0.15, 0.2) is 12.2 Å². The van der Waals surface area contributed by atoms with Crippen LogP contribution in [0.1, 0.15) is 26.7 Å². The number of carbonyl (C=O) groups excluding carboxylic acids is 2. The second-order valence-corrected chi connectivity index (χ2v) is 4.68. The zero-order valence-corrected chi connectivity index (χ0v) is 11.0.